The summed E-state index contributed by atoms with van der Waals surface area (Å²) < 4.78 is 0. The van der Waals surface area contributed by atoms with Crippen LogP contribution in [0.25, 0.3) is 22.3 Å². The van der Waals surface area contributed by atoms with Crippen molar-refractivity contribution < 1.29 is 0 Å². The van der Waals surface area contributed by atoms with Gasteiger partial charge in [0.05, 0.1) is 0 Å². The number of hydrogen-bond donors (Lipinski definition) is 0. The van der Waals surface area contributed by atoms with Gasteiger partial charge in [0.25, 0.3) is 0 Å². The van der Waals surface area contributed by atoms with Crippen molar-refractivity contribution in [2.75, 3.05) is 4.90 Å². The molecule has 0 unspecified atom stereocenters. The van der Waals surface area contributed by atoms with Crippen molar-refractivity contribution in [3.8, 4) is 22.3 Å². The van der Waals surface area contributed by atoms with E-state index >= 15 is 0 Å². The van der Waals surface area contributed by atoms with Gasteiger partial charge in [-0.1, -0.05) is 280 Å². The van der Waals surface area contributed by atoms with E-state index in [0.717, 1.165) is 0 Å². The molecule has 0 aromatic heterocycles. The summed E-state index contributed by atoms with van der Waals surface area (Å²) in [5.74, 6) is 2.32. The van der Waals surface area contributed by atoms with Gasteiger partial charge in [-0.25, -0.2) is 0 Å². The Morgan fingerprint density at radius 1 is 0.316 bits per heavy atom. The Labute approximate surface area is 456 Å². The molecule has 0 saturated carbocycles. The topological polar surface area (TPSA) is 3.24 Å². The largest absolute Gasteiger partial charge is 0.311 e. The molecule has 0 radical (unpaired) electrons. The molecule has 3 heterocycles. The number of nitrogens with zero attached hydrogens (tertiary/aromatic N) is 1. The molecule has 1 nitrogen and oxygen atoms in total. The average Bonchev–Trinajstić information content (AvgIpc) is 3.94. The van der Waals surface area contributed by atoms with Gasteiger partial charge in [0.15, 0.2) is 8.07 Å². The Balaban J connectivity index is 1.10. The number of para-hydroxylation sites is 2. The van der Waals surface area contributed by atoms with Crippen molar-refractivity contribution in [2.45, 2.75) is 119 Å². The maximum absolute atomic E-state index is 2.68. The standard InChI is InChI=1S/C72H73B2NSi/c1-44(2)52-39-57(46(5)6)71(58(40-52)47(7)8)73-61-28-15-16-29-62(61)74(72-59(48(9)10)41-53(45(3)4)42-60(72)49(11)12)64-43-51(36-37-63(64)73)50-24-23-25-54(38-50)75-65-30-17-21-34-69(65)76(70-35-22-18-31-66(70)75)67-32-19-13-26-55(67)56-27-14-20-33-68(56)76/h13-49H,1-12H3. The fraction of sp³-hybridized carbons (Fsp3) is 0.250. The van der Waals surface area contributed by atoms with Crippen molar-refractivity contribution in [3.05, 3.63) is 221 Å². The lowest BCUT2D eigenvalue weighted by Crippen LogP contribution is -2.76. The highest BCUT2D eigenvalue weighted by atomic mass is 28.3. The second-order valence-corrected chi connectivity index (χ2v) is 27.9. The van der Waals surface area contributed by atoms with E-state index in [2.05, 4.69) is 276 Å². The number of fused-ring (bicyclic) bond motifs is 11. The minimum absolute atomic E-state index is 0.0562. The van der Waals surface area contributed by atoms with Crippen molar-refractivity contribution in [2.24, 2.45) is 0 Å². The van der Waals surface area contributed by atoms with Crippen LogP contribution in [0.15, 0.2) is 188 Å². The summed E-state index contributed by atoms with van der Waals surface area (Å²) in [5, 5.41) is 5.88. The lowest BCUT2D eigenvalue weighted by Gasteiger charge is -2.43. The normalized spacial score (nSPS) is 14.0. The van der Waals surface area contributed by atoms with Gasteiger partial charge in [0.1, 0.15) is 0 Å². The van der Waals surface area contributed by atoms with Crippen LogP contribution in [-0.2, 0) is 0 Å². The zero-order chi connectivity index (χ0) is 52.9. The molecule has 4 heteroatoms. The molecule has 76 heavy (non-hydrogen) atoms. The van der Waals surface area contributed by atoms with Gasteiger partial charge in [-0.2, -0.15) is 0 Å². The molecule has 0 amide bonds. The third kappa shape index (κ3) is 7.71. The monoisotopic (exact) mass is 1000 g/mol. The van der Waals surface area contributed by atoms with Gasteiger partial charge in [-0.05, 0) is 136 Å². The van der Waals surface area contributed by atoms with E-state index in [-0.39, 0.29) is 13.4 Å². The van der Waals surface area contributed by atoms with Crippen molar-refractivity contribution in [1.29, 1.82) is 0 Å². The van der Waals surface area contributed by atoms with Crippen molar-refractivity contribution in [1.82, 2.24) is 0 Å². The van der Waals surface area contributed by atoms with E-state index in [1.165, 1.54) is 126 Å². The first kappa shape index (κ1) is 50.0. The molecule has 12 rings (SSSR count). The van der Waals surface area contributed by atoms with E-state index in [0.29, 0.717) is 35.5 Å². The molecular weight excluding hydrogens is 929 g/mol. The Hall–Kier alpha value is -6.87. The van der Waals surface area contributed by atoms with Crippen LogP contribution in [-0.4, -0.2) is 21.5 Å². The van der Waals surface area contributed by atoms with E-state index in [1.807, 2.05) is 0 Å². The third-order valence-corrected chi connectivity index (χ3v) is 22.7. The predicted molar refractivity (Wildman–Crippen MR) is 336 cm³/mol. The Kier molecular flexibility index (Phi) is 12.7. The van der Waals surface area contributed by atoms with Crippen LogP contribution in [0.4, 0.5) is 17.1 Å². The Morgan fingerprint density at radius 2 is 0.697 bits per heavy atom. The van der Waals surface area contributed by atoms with Gasteiger partial charge in [0, 0.05) is 17.1 Å². The van der Waals surface area contributed by atoms with Gasteiger partial charge in [-0.15, -0.1) is 0 Å². The van der Waals surface area contributed by atoms with Gasteiger partial charge >= 0.3 is 0 Å². The molecule has 0 atom stereocenters. The first-order chi connectivity index (χ1) is 36.7. The van der Waals surface area contributed by atoms with Crippen LogP contribution < -0.4 is 58.4 Å². The predicted octanol–water partition coefficient (Wildman–Crippen LogP) is 12.6. The second kappa shape index (κ2) is 19.3. The summed E-state index contributed by atoms with van der Waals surface area (Å²) in [5.41, 5.74) is 26.6. The molecule has 0 saturated heterocycles. The van der Waals surface area contributed by atoms with Crippen molar-refractivity contribution >= 4 is 92.1 Å². The van der Waals surface area contributed by atoms with Crippen molar-refractivity contribution in [3.63, 3.8) is 0 Å². The highest BCUT2D eigenvalue weighted by Crippen LogP contribution is 2.42. The van der Waals surface area contributed by atoms with E-state index in [4.69, 9.17) is 0 Å². The zero-order valence-corrected chi connectivity index (χ0v) is 48.0. The minimum atomic E-state index is -2.68. The number of rotatable bonds is 10. The Bertz CT molecular complexity index is 3570. The quantitative estimate of drug-likeness (QED) is 0.123. The van der Waals surface area contributed by atoms with Gasteiger partial charge < -0.3 is 4.90 Å². The molecule has 9 aromatic carbocycles. The molecule has 1 spiro atoms. The van der Waals surface area contributed by atoms with Crippen LogP contribution in [0.5, 0.6) is 0 Å². The molecule has 9 aromatic rings. The summed E-state index contributed by atoms with van der Waals surface area (Å²) in [6.45, 7) is 28.9. The van der Waals surface area contributed by atoms with Gasteiger partial charge in [-0.3, -0.25) is 0 Å². The highest BCUT2D eigenvalue weighted by molar-refractivity contribution is 7.23. The molecule has 0 aliphatic carbocycles. The highest BCUT2D eigenvalue weighted by Gasteiger charge is 2.54. The zero-order valence-electron chi connectivity index (χ0n) is 47.0. The molecular formula is C72H73B2NSi. The van der Waals surface area contributed by atoms with E-state index in [1.54, 1.807) is 0 Å². The SMILES string of the molecule is CC(C)c1cc(C(C)C)c(B2c3ccccc3B(c3c(C(C)C)cc(C(C)C)cc3C(C)C)c3cc(-c4cccc(N5c6ccccc6[Si]6(c7ccccc7-c7ccccc76)c6ccccc65)c4)ccc32)c(C(C)C)c1. The molecule has 3 aliphatic heterocycles. The number of benzene rings is 9. The van der Waals surface area contributed by atoms with Crippen LogP contribution >= 0.6 is 0 Å². The lowest BCUT2D eigenvalue weighted by molar-refractivity contribution is 0.812. The smallest absolute Gasteiger partial charge is 0.240 e. The third-order valence-electron chi connectivity index (χ3n) is 17.7. The fourth-order valence-electron chi connectivity index (χ4n) is 14.1. The first-order valence-electron chi connectivity index (χ1n) is 28.6. The molecule has 3 aliphatic rings. The lowest BCUT2D eigenvalue weighted by atomic mass is 9.20. The van der Waals surface area contributed by atoms with Crippen LogP contribution in [0.2, 0.25) is 0 Å². The maximum atomic E-state index is 2.63. The maximum Gasteiger partial charge on any atom is 0.240 e. The summed E-state index contributed by atoms with van der Waals surface area (Å²) >= 11 is 0. The summed E-state index contributed by atoms with van der Waals surface area (Å²) in [6, 6.07) is 74.1. The van der Waals surface area contributed by atoms with Crippen LogP contribution in [0, 0.1) is 0 Å². The molecule has 0 bridgehead atoms. The molecule has 0 fully saturated rings. The summed E-state index contributed by atoms with van der Waals surface area (Å²) in [7, 11) is -2.68. The molecule has 0 N–H and O–H groups in total. The molecule has 376 valence electrons. The van der Waals surface area contributed by atoms with Crippen LogP contribution in [0.1, 0.15) is 152 Å². The van der Waals surface area contributed by atoms with Crippen LogP contribution in [0.3, 0.4) is 0 Å². The number of hydrogen-bond acceptors (Lipinski definition) is 1. The Morgan fingerprint density at radius 3 is 1.14 bits per heavy atom. The summed E-state index contributed by atoms with van der Waals surface area (Å²) in [4.78, 5) is 2.57. The summed E-state index contributed by atoms with van der Waals surface area (Å²) in [6.07, 6.45) is 0. The average molecular weight is 1000 g/mol. The van der Waals surface area contributed by atoms with E-state index in [9.17, 15) is 0 Å². The minimum Gasteiger partial charge on any atom is -0.311 e. The van der Waals surface area contributed by atoms with E-state index < -0.39 is 8.07 Å². The fourth-order valence-corrected chi connectivity index (χ4v) is 19.6. The number of anilines is 3. The second-order valence-electron chi connectivity index (χ2n) is 24.3. The van der Waals surface area contributed by atoms with Gasteiger partial charge in [0.2, 0.25) is 13.4 Å². The first-order valence-corrected chi connectivity index (χ1v) is 30.6.